The molecule has 0 amide bonds. The lowest BCUT2D eigenvalue weighted by atomic mass is 10.3. The standard InChI is InChI=1S/C10H7F3IN3OS/c1-19-9(16-5-15)17-8-3-2-6(4-7(8)14)18-10(11,12)13/h2-4H,1H3,(H,16,17). The number of nitriles is 1. The number of rotatable bonds is 2. The average molecular weight is 401 g/mol. The zero-order chi connectivity index (χ0) is 14.5. The summed E-state index contributed by atoms with van der Waals surface area (Å²) in [5.74, 6) is -0.310. The van der Waals surface area contributed by atoms with Gasteiger partial charge in [0.2, 0.25) is 0 Å². The van der Waals surface area contributed by atoms with Crippen molar-refractivity contribution in [2.75, 3.05) is 6.26 Å². The molecule has 0 unspecified atom stereocenters. The lowest BCUT2D eigenvalue weighted by Crippen LogP contribution is -2.17. The van der Waals surface area contributed by atoms with E-state index in [0.29, 0.717) is 14.4 Å². The van der Waals surface area contributed by atoms with Crippen molar-refractivity contribution in [1.29, 1.82) is 5.26 Å². The first kappa shape index (κ1) is 15.9. The number of hydrogen-bond acceptors (Lipinski definition) is 4. The molecule has 0 saturated carbocycles. The summed E-state index contributed by atoms with van der Waals surface area (Å²) in [5.41, 5.74) is 0.447. The van der Waals surface area contributed by atoms with Crippen LogP contribution in [0.3, 0.4) is 0 Å². The number of hydrogen-bond donors (Lipinski definition) is 1. The van der Waals surface area contributed by atoms with E-state index >= 15 is 0 Å². The van der Waals surface area contributed by atoms with Crippen LogP contribution in [0, 0.1) is 15.0 Å². The Kier molecular flexibility index (Phi) is 5.74. The Labute approximate surface area is 125 Å². The van der Waals surface area contributed by atoms with Crippen molar-refractivity contribution in [3.05, 3.63) is 21.8 Å². The van der Waals surface area contributed by atoms with Gasteiger partial charge < -0.3 is 4.74 Å². The molecule has 0 heterocycles. The minimum absolute atomic E-state index is 0.310. The summed E-state index contributed by atoms with van der Waals surface area (Å²) in [4.78, 5) is 4.11. The van der Waals surface area contributed by atoms with Crippen LogP contribution in [-0.4, -0.2) is 17.8 Å². The monoisotopic (exact) mass is 401 g/mol. The molecule has 1 N–H and O–H groups in total. The van der Waals surface area contributed by atoms with Crippen molar-refractivity contribution in [2.24, 2.45) is 4.99 Å². The van der Waals surface area contributed by atoms with Crippen LogP contribution < -0.4 is 10.1 Å². The van der Waals surface area contributed by atoms with Crippen molar-refractivity contribution in [3.8, 4) is 11.9 Å². The lowest BCUT2D eigenvalue weighted by Gasteiger charge is -2.10. The fraction of sp³-hybridized carbons (Fsp3) is 0.200. The van der Waals surface area contributed by atoms with E-state index in [9.17, 15) is 13.2 Å². The second-order valence-corrected chi connectivity index (χ2v) is 4.98. The maximum Gasteiger partial charge on any atom is 0.573 e. The molecule has 0 atom stereocenters. The Morgan fingerprint density at radius 2 is 2.21 bits per heavy atom. The zero-order valence-electron chi connectivity index (χ0n) is 9.45. The number of benzene rings is 1. The minimum Gasteiger partial charge on any atom is -0.406 e. The molecule has 0 spiro atoms. The summed E-state index contributed by atoms with van der Waals surface area (Å²) in [7, 11) is 0. The van der Waals surface area contributed by atoms with Crippen LogP contribution in [0.1, 0.15) is 0 Å². The number of alkyl halides is 3. The number of thioether (sulfide) groups is 1. The van der Waals surface area contributed by atoms with Crippen LogP contribution in [0.2, 0.25) is 0 Å². The van der Waals surface area contributed by atoms with Gasteiger partial charge in [0.05, 0.1) is 5.69 Å². The van der Waals surface area contributed by atoms with E-state index in [1.54, 1.807) is 12.4 Å². The van der Waals surface area contributed by atoms with Crippen molar-refractivity contribution in [1.82, 2.24) is 5.32 Å². The van der Waals surface area contributed by atoms with E-state index in [-0.39, 0.29) is 5.75 Å². The lowest BCUT2D eigenvalue weighted by molar-refractivity contribution is -0.274. The summed E-state index contributed by atoms with van der Waals surface area (Å²) in [5, 5.41) is 11.2. The van der Waals surface area contributed by atoms with Crippen molar-refractivity contribution < 1.29 is 17.9 Å². The number of nitrogens with one attached hydrogen (secondary N) is 1. The minimum atomic E-state index is -4.72. The van der Waals surface area contributed by atoms with E-state index in [1.807, 2.05) is 22.6 Å². The first-order valence-corrected chi connectivity index (χ1v) is 6.99. The fourth-order valence-electron chi connectivity index (χ4n) is 1.06. The Morgan fingerprint density at radius 1 is 1.53 bits per heavy atom. The van der Waals surface area contributed by atoms with Crippen molar-refractivity contribution >= 4 is 45.2 Å². The number of halogens is 4. The zero-order valence-corrected chi connectivity index (χ0v) is 12.4. The second kappa shape index (κ2) is 6.85. The molecule has 0 aromatic heterocycles. The number of amidine groups is 1. The predicted molar refractivity (Wildman–Crippen MR) is 75.2 cm³/mol. The predicted octanol–water partition coefficient (Wildman–Crippen LogP) is 3.61. The molecule has 0 bridgehead atoms. The molecule has 0 saturated heterocycles. The molecule has 4 nitrogen and oxygen atoms in total. The molecule has 0 radical (unpaired) electrons. The van der Waals surface area contributed by atoms with Crippen LogP contribution in [0.5, 0.6) is 5.75 Å². The molecule has 19 heavy (non-hydrogen) atoms. The third-order valence-electron chi connectivity index (χ3n) is 1.73. The van der Waals surface area contributed by atoms with E-state index in [4.69, 9.17) is 5.26 Å². The van der Waals surface area contributed by atoms with Gasteiger partial charge in [-0.1, -0.05) is 11.8 Å². The normalized spacial score (nSPS) is 11.9. The van der Waals surface area contributed by atoms with Crippen LogP contribution in [0.25, 0.3) is 0 Å². The van der Waals surface area contributed by atoms with Gasteiger partial charge in [0.15, 0.2) is 11.4 Å². The van der Waals surface area contributed by atoms with Crippen LogP contribution in [0.4, 0.5) is 18.9 Å². The van der Waals surface area contributed by atoms with Gasteiger partial charge in [-0.3, -0.25) is 5.32 Å². The summed E-state index contributed by atoms with van der Waals surface area (Å²) < 4.78 is 40.4. The fourth-order valence-corrected chi connectivity index (χ4v) is 2.00. The second-order valence-electron chi connectivity index (χ2n) is 3.02. The number of aliphatic imine (C=N–C) groups is 1. The van der Waals surface area contributed by atoms with Crippen molar-refractivity contribution in [3.63, 3.8) is 0 Å². The van der Waals surface area contributed by atoms with Gasteiger partial charge in [-0.05, 0) is 47.0 Å². The molecular formula is C10H7F3IN3OS. The highest BCUT2D eigenvalue weighted by molar-refractivity contribution is 14.1. The van der Waals surface area contributed by atoms with Gasteiger partial charge in [-0.2, -0.15) is 5.26 Å². The van der Waals surface area contributed by atoms with E-state index < -0.39 is 6.36 Å². The SMILES string of the molecule is CSC(=Nc1ccc(OC(F)(F)F)cc1I)NC#N. The number of ether oxygens (including phenoxy) is 1. The van der Waals surface area contributed by atoms with Crippen molar-refractivity contribution in [2.45, 2.75) is 6.36 Å². The molecule has 1 aromatic rings. The van der Waals surface area contributed by atoms with Crippen LogP contribution in [0.15, 0.2) is 23.2 Å². The summed E-state index contributed by atoms with van der Waals surface area (Å²) in [6.45, 7) is 0. The molecule has 0 aliphatic carbocycles. The Bertz CT molecular complexity index is 528. The highest BCUT2D eigenvalue weighted by atomic mass is 127. The van der Waals surface area contributed by atoms with Gasteiger partial charge in [-0.25, -0.2) is 4.99 Å². The van der Waals surface area contributed by atoms with Gasteiger partial charge >= 0.3 is 6.36 Å². The van der Waals surface area contributed by atoms with E-state index in [0.717, 1.165) is 0 Å². The van der Waals surface area contributed by atoms with Gasteiger partial charge in [-0.15, -0.1) is 13.2 Å². The smallest absolute Gasteiger partial charge is 0.406 e. The van der Waals surface area contributed by atoms with E-state index in [1.165, 1.54) is 30.0 Å². The maximum absolute atomic E-state index is 12.0. The Morgan fingerprint density at radius 3 is 2.68 bits per heavy atom. The molecule has 0 aliphatic rings. The van der Waals surface area contributed by atoms with Gasteiger partial charge in [0.25, 0.3) is 0 Å². The van der Waals surface area contributed by atoms with Gasteiger partial charge in [0.1, 0.15) is 5.75 Å². The highest BCUT2D eigenvalue weighted by Crippen LogP contribution is 2.30. The first-order valence-electron chi connectivity index (χ1n) is 4.69. The quantitative estimate of drug-likeness (QED) is 0.271. The van der Waals surface area contributed by atoms with E-state index in [2.05, 4.69) is 15.0 Å². The topological polar surface area (TPSA) is 57.4 Å². The van der Waals surface area contributed by atoms with Crippen LogP contribution in [-0.2, 0) is 0 Å². The summed E-state index contributed by atoms with van der Waals surface area (Å²) in [6, 6.07) is 3.77. The third kappa shape index (κ3) is 5.56. The molecule has 1 aromatic carbocycles. The first-order chi connectivity index (χ1) is 8.85. The largest absolute Gasteiger partial charge is 0.573 e. The maximum atomic E-state index is 12.0. The highest BCUT2D eigenvalue weighted by Gasteiger charge is 2.31. The average Bonchev–Trinajstić information content (AvgIpc) is 2.29. The molecule has 9 heteroatoms. The molecule has 0 aliphatic heterocycles. The molecule has 0 fully saturated rings. The summed E-state index contributed by atoms with van der Waals surface area (Å²) >= 11 is 3.06. The molecule has 1 rings (SSSR count). The Balaban J connectivity index is 2.98. The van der Waals surface area contributed by atoms with Crippen LogP contribution >= 0.6 is 34.4 Å². The summed E-state index contributed by atoms with van der Waals surface area (Å²) in [6.07, 6.45) is -1.28. The molecular weight excluding hydrogens is 394 g/mol. The third-order valence-corrected chi connectivity index (χ3v) is 3.17. The molecule has 102 valence electrons. The van der Waals surface area contributed by atoms with Gasteiger partial charge in [0, 0.05) is 3.57 Å². The number of nitrogens with zero attached hydrogens (tertiary/aromatic N) is 2. The Hall–Kier alpha value is -1.15.